The normalized spacial score (nSPS) is 11.5. The van der Waals surface area contributed by atoms with Crippen LogP contribution in [0.1, 0.15) is 51.3 Å². The van der Waals surface area contributed by atoms with Crippen LogP contribution in [0.15, 0.2) is 48.5 Å². The van der Waals surface area contributed by atoms with E-state index >= 15 is 0 Å². The fourth-order valence-corrected chi connectivity index (χ4v) is 5.30. The predicted molar refractivity (Wildman–Crippen MR) is 136 cm³/mol. The molecular weight excluding hydrogens is 416 g/mol. The van der Waals surface area contributed by atoms with E-state index in [2.05, 4.69) is 27.7 Å². The van der Waals surface area contributed by atoms with Crippen molar-refractivity contribution in [2.75, 3.05) is 13.7 Å². The van der Waals surface area contributed by atoms with Gasteiger partial charge in [0.15, 0.2) is 6.10 Å². The molecule has 0 amide bonds. The Morgan fingerprint density at radius 2 is 1.56 bits per heavy atom. The molecule has 0 aliphatic rings. The first-order valence-corrected chi connectivity index (χ1v) is 14.4. The van der Waals surface area contributed by atoms with Gasteiger partial charge in [0.05, 0.1) is 7.11 Å². The molecular formula is C27H42O4Si. The van der Waals surface area contributed by atoms with Gasteiger partial charge < -0.3 is 14.2 Å². The number of rotatable bonds is 12. The standard InChI is InChI=1S/C21H26O4.C6H16Si/c1-4-17-13-19(25-15-16-9-7-6-8-10-16)12-11-18(17)14-20(24-5-2)21(22)23-3;1-4-7(5-2)6-3/h6-13,20H,4-5,14-15H2,1-3H3;7H,4-6H2,1-3H3/t20-;/m0./s1. The monoisotopic (exact) mass is 458 g/mol. The van der Waals surface area contributed by atoms with Crippen LogP contribution in [0, 0.1) is 0 Å². The van der Waals surface area contributed by atoms with Crippen LogP contribution in [0.25, 0.3) is 0 Å². The summed E-state index contributed by atoms with van der Waals surface area (Å²) in [7, 11) is 1.21. The molecule has 0 unspecified atom stereocenters. The Labute approximate surface area is 196 Å². The van der Waals surface area contributed by atoms with Gasteiger partial charge in [-0.2, -0.15) is 0 Å². The van der Waals surface area contributed by atoms with Crippen molar-refractivity contribution in [2.45, 2.75) is 78.3 Å². The Hall–Kier alpha value is -2.11. The molecule has 32 heavy (non-hydrogen) atoms. The maximum atomic E-state index is 11.9. The van der Waals surface area contributed by atoms with Crippen molar-refractivity contribution in [3.05, 3.63) is 65.2 Å². The molecule has 0 saturated carbocycles. The first-order valence-electron chi connectivity index (χ1n) is 12.0. The number of carbonyl (C=O) groups excluding carboxylic acids is 1. The van der Waals surface area contributed by atoms with Gasteiger partial charge in [0.25, 0.3) is 0 Å². The van der Waals surface area contributed by atoms with Crippen molar-refractivity contribution in [1.82, 2.24) is 0 Å². The first-order chi connectivity index (χ1) is 15.5. The van der Waals surface area contributed by atoms with E-state index < -0.39 is 6.10 Å². The van der Waals surface area contributed by atoms with E-state index in [0.717, 1.165) is 28.9 Å². The molecule has 0 radical (unpaired) electrons. The molecule has 2 aromatic rings. The van der Waals surface area contributed by atoms with Crippen molar-refractivity contribution in [3.63, 3.8) is 0 Å². The van der Waals surface area contributed by atoms with E-state index in [-0.39, 0.29) is 14.8 Å². The summed E-state index contributed by atoms with van der Waals surface area (Å²) in [5.74, 6) is 0.490. The minimum atomic E-state index is -0.573. The number of benzene rings is 2. The second-order valence-corrected chi connectivity index (χ2v) is 12.0. The highest BCUT2D eigenvalue weighted by Gasteiger charge is 2.21. The Morgan fingerprint density at radius 3 is 2.06 bits per heavy atom. The molecule has 0 aliphatic carbocycles. The zero-order valence-corrected chi connectivity index (χ0v) is 22.0. The van der Waals surface area contributed by atoms with Gasteiger partial charge in [-0.3, -0.25) is 0 Å². The predicted octanol–water partition coefficient (Wildman–Crippen LogP) is 6.22. The summed E-state index contributed by atoms with van der Waals surface area (Å²) in [6.07, 6.45) is 0.789. The molecule has 4 nitrogen and oxygen atoms in total. The fourth-order valence-electron chi connectivity index (χ4n) is 3.57. The van der Waals surface area contributed by atoms with Gasteiger partial charge in [-0.15, -0.1) is 0 Å². The fraction of sp³-hybridized carbons (Fsp3) is 0.519. The molecule has 0 aromatic heterocycles. The van der Waals surface area contributed by atoms with Crippen LogP contribution < -0.4 is 4.74 Å². The van der Waals surface area contributed by atoms with Crippen molar-refractivity contribution in [2.24, 2.45) is 0 Å². The average Bonchev–Trinajstić information content (AvgIpc) is 2.84. The highest BCUT2D eigenvalue weighted by atomic mass is 28.3. The second kappa shape index (κ2) is 16.5. The largest absolute Gasteiger partial charge is 0.489 e. The van der Waals surface area contributed by atoms with Gasteiger partial charge in [-0.05, 0) is 42.2 Å². The zero-order chi connectivity index (χ0) is 23.8. The highest BCUT2D eigenvalue weighted by Crippen LogP contribution is 2.22. The molecule has 2 rings (SSSR count). The van der Waals surface area contributed by atoms with E-state index in [0.29, 0.717) is 19.6 Å². The van der Waals surface area contributed by atoms with E-state index in [1.165, 1.54) is 25.2 Å². The molecule has 0 spiro atoms. The summed E-state index contributed by atoms with van der Waals surface area (Å²) in [4.78, 5) is 11.9. The Morgan fingerprint density at radius 1 is 0.906 bits per heavy atom. The molecule has 0 N–H and O–H groups in total. The van der Waals surface area contributed by atoms with Gasteiger partial charge in [0.2, 0.25) is 0 Å². The van der Waals surface area contributed by atoms with E-state index in [1.54, 1.807) is 0 Å². The number of carbonyl (C=O) groups is 1. The highest BCUT2D eigenvalue weighted by molar-refractivity contribution is 6.58. The van der Waals surface area contributed by atoms with Crippen LogP contribution in [0.3, 0.4) is 0 Å². The number of ether oxygens (including phenoxy) is 3. The molecule has 178 valence electrons. The Balaban J connectivity index is 0.000000633. The summed E-state index contributed by atoms with van der Waals surface area (Å²) in [5.41, 5.74) is 3.37. The third kappa shape index (κ3) is 10.0. The number of hydrogen-bond acceptors (Lipinski definition) is 4. The van der Waals surface area contributed by atoms with Crippen molar-refractivity contribution < 1.29 is 19.0 Å². The Bertz CT molecular complexity index is 754. The number of methoxy groups -OCH3 is 1. The molecule has 1 atom stereocenters. The first kappa shape index (κ1) is 27.9. The van der Waals surface area contributed by atoms with Crippen LogP contribution in [0.5, 0.6) is 5.75 Å². The van der Waals surface area contributed by atoms with E-state index in [4.69, 9.17) is 14.2 Å². The van der Waals surface area contributed by atoms with Crippen LogP contribution in [0.4, 0.5) is 0 Å². The molecule has 0 heterocycles. The van der Waals surface area contributed by atoms with E-state index in [1.807, 2.05) is 55.5 Å². The van der Waals surface area contributed by atoms with Crippen LogP contribution >= 0.6 is 0 Å². The van der Waals surface area contributed by atoms with Gasteiger partial charge in [0.1, 0.15) is 12.4 Å². The minimum absolute atomic E-state index is 0.171. The lowest BCUT2D eigenvalue weighted by atomic mass is 9.99. The van der Waals surface area contributed by atoms with Crippen LogP contribution in [0.2, 0.25) is 18.1 Å². The third-order valence-corrected chi connectivity index (χ3v) is 9.24. The zero-order valence-electron chi connectivity index (χ0n) is 20.9. The number of hydrogen-bond donors (Lipinski definition) is 0. The minimum Gasteiger partial charge on any atom is -0.489 e. The summed E-state index contributed by atoms with van der Waals surface area (Å²) < 4.78 is 16.2. The summed E-state index contributed by atoms with van der Waals surface area (Å²) in [6, 6.07) is 20.5. The molecule has 0 aliphatic heterocycles. The molecule has 0 bridgehead atoms. The lowest BCUT2D eigenvalue weighted by Gasteiger charge is -2.17. The van der Waals surface area contributed by atoms with E-state index in [9.17, 15) is 4.79 Å². The van der Waals surface area contributed by atoms with Gasteiger partial charge in [0, 0.05) is 21.8 Å². The van der Waals surface area contributed by atoms with Crippen LogP contribution in [-0.2, 0) is 33.7 Å². The molecule has 2 aromatic carbocycles. The maximum Gasteiger partial charge on any atom is 0.335 e. The van der Waals surface area contributed by atoms with Gasteiger partial charge >= 0.3 is 5.97 Å². The van der Waals surface area contributed by atoms with Crippen molar-refractivity contribution >= 4 is 14.8 Å². The smallest absolute Gasteiger partial charge is 0.335 e. The summed E-state index contributed by atoms with van der Waals surface area (Å²) in [5, 5.41) is 0. The topological polar surface area (TPSA) is 44.8 Å². The van der Waals surface area contributed by atoms with Crippen LogP contribution in [-0.4, -0.2) is 34.6 Å². The molecule has 0 saturated heterocycles. The molecule has 5 heteroatoms. The SMILES string of the molecule is CCO[C@@H](Cc1ccc(OCc2ccccc2)cc1CC)C(=O)OC.CC[SiH](CC)CC. The average molecular weight is 459 g/mol. The number of aryl methyl sites for hydroxylation is 1. The quantitative estimate of drug-likeness (QED) is 0.280. The summed E-state index contributed by atoms with van der Waals surface area (Å²) in [6.45, 7) is 11.9. The maximum absolute atomic E-state index is 11.9. The third-order valence-electron chi connectivity index (χ3n) is 5.78. The van der Waals surface area contributed by atoms with Crippen molar-refractivity contribution in [3.8, 4) is 5.75 Å². The van der Waals surface area contributed by atoms with Crippen molar-refractivity contribution in [1.29, 1.82) is 0 Å². The van der Waals surface area contributed by atoms with Gasteiger partial charge in [-0.1, -0.05) is 82.2 Å². The number of esters is 1. The lowest BCUT2D eigenvalue weighted by molar-refractivity contribution is -0.153. The lowest BCUT2D eigenvalue weighted by Crippen LogP contribution is -2.28. The van der Waals surface area contributed by atoms with Gasteiger partial charge in [-0.25, -0.2) is 4.79 Å². The summed E-state index contributed by atoms with van der Waals surface area (Å²) >= 11 is 0. The second-order valence-electron chi connectivity index (χ2n) is 7.82. The molecule has 0 fully saturated rings. The Kier molecular flexibility index (Phi) is 14.4.